The molecule has 0 fully saturated rings. The van der Waals surface area contributed by atoms with Crippen molar-refractivity contribution in [3.63, 3.8) is 0 Å². The first-order valence-corrected chi connectivity index (χ1v) is 10.5. The maximum atomic E-state index is 12.7. The predicted molar refractivity (Wildman–Crippen MR) is 121 cm³/mol. The Kier molecular flexibility index (Phi) is 4.52. The van der Waals surface area contributed by atoms with Gasteiger partial charge in [0.25, 0.3) is 0 Å². The number of rotatable bonds is 5. The summed E-state index contributed by atoms with van der Waals surface area (Å²) >= 11 is 1.43. The van der Waals surface area contributed by atoms with E-state index in [4.69, 9.17) is 4.74 Å². The molecule has 2 aromatic carbocycles. The molecule has 0 atom stereocenters. The molecule has 0 unspecified atom stereocenters. The highest BCUT2D eigenvalue weighted by Crippen LogP contribution is 2.34. The average molecular weight is 417 g/mol. The zero-order valence-corrected chi connectivity index (χ0v) is 17.4. The third-order valence-electron chi connectivity index (χ3n) is 5.23. The number of carbonyl (C=O) groups excluding carboxylic acids is 1. The van der Waals surface area contributed by atoms with Crippen LogP contribution in [0.1, 0.15) is 11.3 Å². The molecule has 0 bridgehead atoms. The number of carbonyl (C=O) groups is 1. The second-order valence-electron chi connectivity index (χ2n) is 7.16. The van der Waals surface area contributed by atoms with Gasteiger partial charge in [-0.2, -0.15) is 0 Å². The van der Waals surface area contributed by atoms with Crippen molar-refractivity contribution in [1.82, 2.24) is 15.0 Å². The number of fused-ring (bicyclic) bond motifs is 2. The molecule has 0 radical (unpaired) electrons. The number of para-hydroxylation sites is 1. The van der Waals surface area contributed by atoms with Crippen molar-refractivity contribution in [3.05, 3.63) is 65.3 Å². The second kappa shape index (κ2) is 7.35. The highest BCUT2D eigenvalue weighted by Gasteiger charge is 2.15. The van der Waals surface area contributed by atoms with Crippen LogP contribution in [-0.4, -0.2) is 28.0 Å². The zero-order chi connectivity index (χ0) is 20.7. The van der Waals surface area contributed by atoms with Gasteiger partial charge in [0.15, 0.2) is 5.13 Å². The van der Waals surface area contributed by atoms with E-state index in [1.165, 1.54) is 11.3 Å². The molecule has 3 N–H and O–H groups in total. The molecule has 0 aliphatic rings. The van der Waals surface area contributed by atoms with Crippen LogP contribution in [0, 0.1) is 6.92 Å². The Labute approximate surface area is 176 Å². The number of benzene rings is 2. The van der Waals surface area contributed by atoms with Crippen molar-refractivity contribution in [3.8, 4) is 17.0 Å². The molecule has 5 rings (SSSR count). The minimum absolute atomic E-state index is 0.102. The van der Waals surface area contributed by atoms with Crippen LogP contribution < -0.4 is 10.1 Å². The molecule has 0 aliphatic carbocycles. The largest absolute Gasteiger partial charge is 0.497 e. The maximum Gasteiger partial charge on any atom is 0.230 e. The Bertz CT molecular complexity index is 1380. The number of nitrogens with one attached hydrogen (secondary N) is 3. The minimum Gasteiger partial charge on any atom is -0.497 e. The number of thiazole rings is 1. The van der Waals surface area contributed by atoms with Gasteiger partial charge < -0.3 is 20.0 Å². The summed E-state index contributed by atoms with van der Waals surface area (Å²) in [6, 6.07) is 13.9. The van der Waals surface area contributed by atoms with E-state index >= 15 is 0 Å². The maximum absolute atomic E-state index is 12.7. The van der Waals surface area contributed by atoms with Crippen LogP contribution >= 0.6 is 11.3 Å². The van der Waals surface area contributed by atoms with Crippen molar-refractivity contribution < 1.29 is 9.53 Å². The first-order chi connectivity index (χ1) is 14.6. The molecular weight excluding hydrogens is 396 g/mol. The number of hydrogen-bond donors (Lipinski definition) is 3. The first kappa shape index (κ1) is 18.4. The topological polar surface area (TPSA) is 82.8 Å². The predicted octanol–water partition coefficient (Wildman–Crippen LogP) is 5.27. The zero-order valence-electron chi connectivity index (χ0n) is 16.6. The molecule has 1 amide bonds. The number of aryl methyl sites for hydroxylation is 1. The molecular formula is C23H20N4O2S. The summed E-state index contributed by atoms with van der Waals surface area (Å²) in [7, 11) is 1.63. The highest BCUT2D eigenvalue weighted by atomic mass is 32.1. The quantitative estimate of drug-likeness (QED) is 0.365. The van der Waals surface area contributed by atoms with Gasteiger partial charge in [0.05, 0.1) is 19.2 Å². The van der Waals surface area contributed by atoms with Gasteiger partial charge in [0.1, 0.15) is 5.75 Å². The molecule has 0 saturated carbocycles. The smallest absolute Gasteiger partial charge is 0.230 e. The highest BCUT2D eigenvalue weighted by molar-refractivity contribution is 7.14. The monoisotopic (exact) mass is 416 g/mol. The summed E-state index contributed by atoms with van der Waals surface area (Å²) in [5.41, 5.74) is 5.98. The van der Waals surface area contributed by atoms with E-state index in [0.717, 1.165) is 50.1 Å². The average Bonchev–Trinajstić information content (AvgIpc) is 3.44. The van der Waals surface area contributed by atoms with E-state index in [0.29, 0.717) is 5.13 Å². The second-order valence-corrected chi connectivity index (χ2v) is 8.02. The van der Waals surface area contributed by atoms with Gasteiger partial charge in [-0.15, -0.1) is 11.3 Å². The number of aromatic nitrogens is 3. The van der Waals surface area contributed by atoms with E-state index in [1.54, 1.807) is 7.11 Å². The third-order valence-corrected chi connectivity index (χ3v) is 5.98. The lowest BCUT2D eigenvalue weighted by molar-refractivity contribution is -0.115. The summed E-state index contributed by atoms with van der Waals surface area (Å²) in [5, 5.41) is 7.63. The summed E-state index contributed by atoms with van der Waals surface area (Å²) in [4.78, 5) is 23.9. The van der Waals surface area contributed by atoms with Crippen LogP contribution in [0.15, 0.2) is 54.0 Å². The molecule has 3 aromatic heterocycles. The van der Waals surface area contributed by atoms with E-state index in [9.17, 15) is 4.79 Å². The van der Waals surface area contributed by atoms with Crippen LogP contribution in [0.2, 0.25) is 0 Å². The summed E-state index contributed by atoms with van der Waals surface area (Å²) < 4.78 is 5.30. The Morgan fingerprint density at radius 1 is 1.17 bits per heavy atom. The number of H-pyrrole nitrogens is 2. The Morgan fingerprint density at radius 2 is 2.03 bits per heavy atom. The lowest BCUT2D eigenvalue weighted by Gasteiger charge is -2.03. The van der Waals surface area contributed by atoms with Crippen LogP contribution in [0.3, 0.4) is 0 Å². The van der Waals surface area contributed by atoms with Crippen molar-refractivity contribution in [2.75, 3.05) is 12.4 Å². The number of methoxy groups -OCH3 is 1. The molecule has 30 heavy (non-hydrogen) atoms. The van der Waals surface area contributed by atoms with Gasteiger partial charge in [-0.1, -0.05) is 18.2 Å². The fourth-order valence-corrected chi connectivity index (χ4v) is 4.54. The van der Waals surface area contributed by atoms with Crippen molar-refractivity contribution >= 4 is 44.2 Å². The lowest BCUT2D eigenvalue weighted by Crippen LogP contribution is -2.14. The van der Waals surface area contributed by atoms with Crippen LogP contribution in [0.5, 0.6) is 5.75 Å². The molecule has 150 valence electrons. The van der Waals surface area contributed by atoms with E-state index in [-0.39, 0.29) is 12.3 Å². The third kappa shape index (κ3) is 3.23. The van der Waals surface area contributed by atoms with E-state index in [1.807, 2.05) is 48.8 Å². The SMILES string of the molecule is COc1ccc2[nH]cc(CC(=O)Nc3nc(-c4c(C)[nH]c5ccccc45)cs3)c2c1. The van der Waals surface area contributed by atoms with Crippen molar-refractivity contribution in [2.24, 2.45) is 0 Å². The lowest BCUT2D eigenvalue weighted by atomic mass is 10.1. The van der Waals surface area contributed by atoms with Crippen molar-refractivity contribution in [2.45, 2.75) is 13.3 Å². The molecule has 0 saturated heterocycles. The number of anilines is 1. The fraction of sp³-hybridized carbons (Fsp3) is 0.130. The Hall–Kier alpha value is -3.58. The summed E-state index contributed by atoms with van der Waals surface area (Å²) in [5.74, 6) is 0.665. The number of hydrogen-bond acceptors (Lipinski definition) is 4. The van der Waals surface area contributed by atoms with Gasteiger partial charge >= 0.3 is 0 Å². The van der Waals surface area contributed by atoms with Crippen LogP contribution in [0.25, 0.3) is 33.1 Å². The fourth-order valence-electron chi connectivity index (χ4n) is 3.82. The normalized spacial score (nSPS) is 11.3. The van der Waals surface area contributed by atoms with Crippen molar-refractivity contribution in [1.29, 1.82) is 0 Å². The number of aromatic amines is 2. The Morgan fingerprint density at radius 3 is 2.90 bits per heavy atom. The van der Waals surface area contributed by atoms with E-state index in [2.05, 4.69) is 32.4 Å². The Balaban J connectivity index is 1.37. The molecule has 0 spiro atoms. The number of amides is 1. The van der Waals surface area contributed by atoms with Gasteiger partial charge in [-0.05, 0) is 36.8 Å². The van der Waals surface area contributed by atoms with Gasteiger partial charge in [-0.3, -0.25) is 4.79 Å². The molecule has 7 heteroatoms. The molecule has 6 nitrogen and oxygen atoms in total. The minimum atomic E-state index is -0.102. The van der Waals surface area contributed by atoms with Gasteiger partial charge in [0, 0.05) is 44.6 Å². The molecule has 5 aromatic rings. The van der Waals surface area contributed by atoms with Gasteiger partial charge in [-0.25, -0.2) is 4.98 Å². The van der Waals surface area contributed by atoms with E-state index < -0.39 is 0 Å². The van der Waals surface area contributed by atoms with Crippen LogP contribution in [-0.2, 0) is 11.2 Å². The first-order valence-electron chi connectivity index (χ1n) is 9.59. The molecule has 0 aliphatic heterocycles. The molecule has 3 heterocycles. The van der Waals surface area contributed by atoms with Gasteiger partial charge in [0.2, 0.25) is 5.91 Å². The standard InChI is InChI=1S/C23H20N4O2S/c1-13-22(16-5-3-4-6-19(16)25-13)20-12-30-23(26-20)27-21(28)9-14-11-24-18-8-7-15(29-2)10-17(14)18/h3-8,10-12,24-25H,9H2,1-2H3,(H,26,27,28). The number of ether oxygens (including phenoxy) is 1. The van der Waals surface area contributed by atoms with Crippen LogP contribution in [0.4, 0.5) is 5.13 Å². The summed E-state index contributed by atoms with van der Waals surface area (Å²) in [6.07, 6.45) is 2.13. The number of nitrogens with zero attached hydrogens (tertiary/aromatic N) is 1. The summed E-state index contributed by atoms with van der Waals surface area (Å²) in [6.45, 7) is 2.04.